The molecule has 0 aromatic heterocycles. The number of halogens is 1. The molecule has 1 fully saturated rings. The van der Waals surface area contributed by atoms with Crippen LogP contribution >= 0.6 is 0 Å². The molecule has 4 nitrogen and oxygen atoms in total. The molecule has 1 aliphatic rings. The van der Waals surface area contributed by atoms with Gasteiger partial charge in [-0.1, -0.05) is 0 Å². The van der Waals surface area contributed by atoms with Gasteiger partial charge in [-0.25, -0.2) is 4.39 Å². The van der Waals surface area contributed by atoms with Crippen LogP contribution in [-0.2, 0) is 4.74 Å². The highest BCUT2D eigenvalue weighted by molar-refractivity contribution is 5.94. The van der Waals surface area contributed by atoms with Crippen molar-refractivity contribution in [1.82, 2.24) is 5.32 Å². The van der Waals surface area contributed by atoms with E-state index in [1.165, 1.54) is 12.1 Å². The Labute approximate surface area is 98.9 Å². The summed E-state index contributed by atoms with van der Waals surface area (Å²) >= 11 is 0. The molecule has 1 aliphatic heterocycles. The highest BCUT2D eigenvalue weighted by Gasteiger charge is 2.16. The number of rotatable bonds is 3. The number of hydrogen-bond donors (Lipinski definition) is 2. The molecule has 0 spiro atoms. The molecule has 0 bridgehead atoms. The van der Waals surface area contributed by atoms with Crippen molar-refractivity contribution in [3.8, 4) is 0 Å². The van der Waals surface area contributed by atoms with Gasteiger partial charge in [-0.2, -0.15) is 0 Å². The molecule has 5 heteroatoms. The summed E-state index contributed by atoms with van der Waals surface area (Å²) in [6, 6.07) is 4.03. The van der Waals surface area contributed by atoms with E-state index in [4.69, 9.17) is 10.5 Å². The molecular formula is C12H15FN2O2. The van der Waals surface area contributed by atoms with E-state index >= 15 is 0 Å². The number of benzene rings is 1. The third-order valence-electron chi connectivity index (χ3n) is 2.78. The van der Waals surface area contributed by atoms with Gasteiger partial charge in [0.05, 0.1) is 11.8 Å². The van der Waals surface area contributed by atoms with E-state index in [-0.39, 0.29) is 23.3 Å². The molecule has 1 heterocycles. The minimum Gasteiger partial charge on any atom is -0.396 e. The number of ether oxygens (including phenoxy) is 1. The van der Waals surface area contributed by atoms with Gasteiger partial charge < -0.3 is 15.8 Å². The maximum Gasteiger partial charge on any atom is 0.251 e. The smallest absolute Gasteiger partial charge is 0.251 e. The van der Waals surface area contributed by atoms with E-state index in [2.05, 4.69) is 5.32 Å². The average molecular weight is 238 g/mol. The summed E-state index contributed by atoms with van der Waals surface area (Å²) in [6.45, 7) is 1.21. The largest absolute Gasteiger partial charge is 0.396 e. The van der Waals surface area contributed by atoms with E-state index in [9.17, 15) is 9.18 Å². The first-order valence-electron chi connectivity index (χ1n) is 5.61. The zero-order valence-electron chi connectivity index (χ0n) is 9.41. The van der Waals surface area contributed by atoms with E-state index in [1.54, 1.807) is 0 Å². The molecule has 3 N–H and O–H groups in total. The lowest BCUT2D eigenvalue weighted by Crippen LogP contribution is -2.31. The van der Waals surface area contributed by atoms with Gasteiger partial charge in [0.15, 0.2) is 0 Å². The summed E-state index contributed by atoms with van der Waals surface area (Å²) in [5.74, 6) is -0.880. The van der Waals surface area contributed by atoms with Crippen LogP contribution in [0.15, 0.2) is 18.2 Å². The van der Waals surface area contributed by atoms with Crippen molar-refractivity contribution >= 4 is 11.6 Å². The van der Waals surface area contributed by atoms with Crippen molar-refractivity contribution in [3.05, 3.63) is 29.6 Å². The number of nitrogen functional groups attached to an aromatic ring is 1. The van der Waals surface area contributed by atoms with Crippen LogP contribution in [-0.4, -0.2) is 25.2 Å². The highest BCUT2D eigenvalue weighted by Crippen LogP contribution is 2.13. The fourth-order valence-corrected chi connectivity index (χ4v) is 1.78. The van der Waals surface area contributed by atoms with Crippen LogP contribution in [0.3, 0.4) is 0 Å². The molecule has 1 unspecified atom stereocenters. The summed E-state index contributed by atoms with van der Waals surface area (Å²) in [4.78, 5) is 11.7. The van der Waals surface area contributed by atoms with Crippen LogP contribution in [0.1, 0.15) is 23.2 Å². The van der Waals surface area contributed by atoms with Gasteiger partial charge in [0, 0.05) is 18.7 Å². The van der Waals surface area contributed by atoms with Crippen molar-refractivity contribution in [2.24, 2.45) is 0 Å². The summed E-state index contributed by atoms with van der Waals surface area (Å²) in [7, 11) is 0. The van der Waals surface area contributed by atoms with Gasteiger partial charge in [-0.15, -0.1) is 0 Å². The lowest BCUT2D eigenvalue weighted by molar-refractivity contribution is 0.0857. The number of carbonyl (C=O) groups excluding carboxylic acids is 1. The Hall–Kier alpha value is -1.62. The molecule has 0 aliphatic carbocycles. The number of nitrogens with two attached hydrogens (primary N) is 1. The van der Waals surface area contributed by atoms with Crippen LogP contribution in [0.4, 0.5) is 10.1 Å². The number of anilines is 1. The first kappa shape index (κ1) is 11.9. The maximum absolute atomic E-state index is 13.2. The van der Waals surface area contributed by atoms with Gasteiger partial charge in [0.1, 0.15) is 5.82 Å². The van der Waals surface area contributed by atoms with E-state index in [0.29, 0.717) is 6.54 Å². The number of carbonyl (C=O) groups is 1. The number of amides is 1. The Kier molecular flexibility index (Phi) is 3.58. The Morgan fingerprint density at radius 1 is 1.59 bits per heavy atom. The van der Waals surface area contributed by atoms with Gasteiger partial charge in [-0.05, 0) is 31.0 Å². The fourth-order valence-electron chi connectivity index (χ4n) is 1.78. The predicted octanol–water partition coefficient (Wildman–Crippen LogP) is 1.32. The molecule has 1 aromatic rings. The third-order valence-corrected chi connectivity index (χ3v) is 2.78. The second-order valence-electron chi connectivity index (χ2n) is 4.08. The Morgan fingerprint density at radius 3 is 3.06 bits per heavy atom. The van der Waals surface area contributed by atoms with E-state index in [1.807, 2.05) is 0 Å². The molecular weight excluding hydrogens is 223 g/mol. The van der Waals surface area contributed by atoms with Gasteiger partial charge in [-0.3, -0.25) is 4.79 Å². The minimum atomic E-state index is -0.574. The topological polar surface area (TPSA) is 64.4 Å². The molecule has 2 rings (SSSR count). The number of nitrogens with one attached hydrogen (secondary N) is 1. The van der Waals surface area contributed by atoms with Crippen molar-refractivity contribution in [1.29, 1.82) is 0 Å². The standard InChI is InChI=1S/C12H15FN2O2/c13-10-6-8(3-4-11(10)14)12(16)15-7-9-2-1-5-17-9/h3-4,6,9H,1-2,5,7,14H2,(H,15,16). The first-order valence-corrected chi connectivity index (χ1v) is 5.61. The van der Waals surface area contributed by atoms with Crippen molar-refractivity contribution in [2.75, 3.05) is 18.9 Å². The molecule has 1 saturated heterocycles. The van der Waals surface area contributed by atoms with Crippen LogP contribution in [0.25, 0.3) is 0 Å². The Morgan fingerprint density at radius 2 is 2.41 bits per heavy atom. The van der Waals surface area contributed by atoms with Gasteiger partial charge in [0.2, 0.25) is 0 Å². The van der Waals surface area contributed by atoms with E-state index < -0.39 is 5.82 Å². The van der Waals surface area contributed by atoms with Crippen LogP contribution in [0.2, 0.25) is 0 Å². The van der Waals surface area contributed by atoms with Crippen LogP contribution in [0, 0.1) is 5.82 Å². The molecule has 17 heavy (non-hydrogen) atoms. The molecule has 1 amide bonds. The normalized spacial score (nSPS) is 19.2. The third kappa shape index (κ3) is 2.94. The summed E-state index contributed by atoms with van der Waals surface area (Å²) in [6.07, 6.45) is 2.06. The summed E-state index contributed by atoms with van der Waals surface area (Å²) < 4.78 is 18.5. The monoisotopic (exact) mass is 238 g/mol. The summed E-state index contributed by atoms with van der Waals surface area (Å²) in [5.41, 5.74) is 5.65. The predicted molar refractivity (Wildman–Crippen MR) is 62.1 cm³/mol. The first-order chi connectivity index (χ1) is 8.16. The fraction of sp³-hybridized carbons (Fsp3) is 0.417. The van der Waals surface area contributed by atoms with Crippen LogP contribution in [0.5, 0.6) is 0 Å². The molecule has 0 saturated carbocycles. The van der Waals surface area contributed by atoms with Crippen LogP contribution < -0.4 is 11.1 Å². The summed E-state index contributed by atoms with van der Waals surface area (Å²) in [5, 5.41) is 2.72. The zero-order chi connectivity index (χ0) is 12.3. The molecule has 0 radical (unpaired) electrons. The SMILES string of the molecule is Nc1ccc(C(=O)NCC2CCCO2)cc1F. The highest BCUT2D eigenvalue weighted by atomic mass is 19.1. The Balaban J connectivity index is 1.92. The molecule has 1 aromatic carbocycles. The quantitative estimate of drug-likeness (QED) is 0.780. The zero-order valence-corrected chi connectivity index (χ0v) is 9.41. The van der Waals surface area contributed by atoms with Crippen molar-refractivity contribution in [2.45, 2.75) is 18.9 Å². The van der Waals surface area contributed by atoms with Crippen molar-refractivity contribution < 1.29 is 13.9 Å². The number of hydrogen-bond acceptors (Lipinski definition) is 3. The second-order valence-corrected chi connectivity index (χ2v) is 4.08. The minimum absolute atomic E-state index is 0.0423. The van der Waals surface area contributed by atoms with Gasteiger partial charge in [0.25, 0.3) is 5.91 Å². The van der Waals surface area contributed by atoms with E-state index in [0.717, 1.165) is 25.5 Å². The second kappa shape index (κ2) is 5.14. The maximum atomic E-state index is 13.2. The molecule has 92 valence electrons. The molecule has 1 atom stereocenters. The Bertz CT molecular complexity index is 417. The lowest BCUT2D eigenvalue weighted by atomic mass is 10.2. The van der Waals surface area contributed by atoms with Gasteiger partial charge >= 0.3 is 0 Å². The van der Waals surface area contributed by atoms with Crippen molar-refractivity contribution in [3.63, 3.8) is 0 Å². The average Bonchev–Trinajstić information content (AvgIpc) is 2.82. The lowest BCUT2D eigenvalue weighted by Gasteiger charge is -2.10.